The minimum Gasteiger partial charge on any atom is -0.467 e. The number of amides is 1. The second-order valence-corrected chi connectivity index (χ2v) is 8.79. The number of aryl methyl sites for hydroxylation is 2. The number of thiazole rings is 1. The van der Waals surface area contributed by atoms with Gasteiger partial charge in [0.25, 0.3) is 0 Å². The van der Waals surface area contributed by atoms with Gasteiger partial charge >= 0.3 is 5.97 Å². The van der Waals surface area contributed by atoms with Gasteiger partial charge in [-0.2, -0.15) is 0 Å². The van der Waals surface area contributed by atoms with Gasteiger partial charge in [-0.05, 0) is 51.1 Å². The van der Waals surface area contributed by atoms with Gasteiger partial charge < -0.3 is 19.0 Å². The van der Waals surface area contributed by atoms with Crippen molar-refractivity contribution in [2.75, 3.05) is 5.32 Å². The predicted molar refractivity (Wildman–Crippen MR) is 126 cm³/mol. The molecule has 4 aromatic rings. The molecule has 0 saturated carbocycles. The lowest BCUT2D eigenvalue weighted by Gasteiger charge is -2.08. The Morgan fingerprint density at radius 3 is 2.67 bits per heavy atom. The first-order chi connectivity index (χ1) is 15.9. The van der Waals surface area contributed by atoms with Crippen LogP contribution in [0, 0.1) is 20.8 Å². The summed E-state index contributed by atoms with van der Waals surface area (Å²) < 4.78 is 12.9. The van der Waals surface area contributed by atoms with Crippen molar-refractivity contribution in [3.63, 3.8) is 0 Å². The molecule has 0 aliphatic heterocycles. The van der Waals surface area contributed by atoms with E-state index in [9.17, 15) is 9.59 Å². The van der Waals surface area contributed by atoms with E-state index in [-0.39, 0.29) is 18.9 Å². The molecular formula is C25H25N3O4S. The van der Waals surface area contributed by atoms with Gasteiger partial charge in [0.15, 0.2) is 0 Å². The van der Waals surface area contributed by atoms with Crippen LogP contribution < -0.4 is 5.32 Å². The lowest BCUT2D eigenvalue weighted by Crippen LogP contribution is -2.14. The average Bonchev–Trinajstić information content (AvgIpc) is 3.52. The Hall–Kier alpha value is -3.65. The maximum Gasteiger partial charge on any atom is 0.340 e. The number of carbonyl (C=O) groups is 2. The smallest absolute Gasteiger partial charge is 0.340 e. The fourth-order valence-corrected chi connectivity index (χ4v) is 4.28. The normalized spacial score (nSPS) is 10.9. The maximum absolute atomic E-state index is 12.7. The summed E-state index contributed by atoms with van der Waals surface area (Å²) in [6.45, 7) is 6.44. The van der Waals surface area contributed by atoms with Crippen LogP contribution in [0.1, 0.15) is 43.8 Å². The van der Waals surface area contributed by atoms with Crippen LogP contribution in [0.25, 0.3) is 0 Å². The zero-order valence-electron chi connectivity index (χ0n) is 18.8. The van der Waals surface area contributed by atoms with Crippen LogP contribution in [-0.4, -0.2) is 21.4 Å². The molecule has 170 valence electrons. The quantitative estimate of drug-likeness (QED) is 0.370. The number of benzene rings is 1. The van der Waals surface area contributed by atoms with Crippen molar-refractivity contribution in [3.8, 4) is 0 Å². The van der Waals surface area contributed by atoms with Crippen LogP contribution >= 0.6 is 11.3 Å². The Bertz CT molecular complexity index is 1250. The van der Waals surface area contributed by atoms with Crippen LogP contribution in [0.3, 0.4) is 0 Å². The average molecular weight is 464 g/mol. The number of anilines is 1. The maximum atomic E-state index is 12.7. The molecule has 0 spiro atoms. The fourth-order valence-electron chi connectivity index (χ4n) is 3.50. The first-order valence-corrected chi connectivity index (χ1v) is 11.4. The number of hydrogen-bond acceptors (Lipinski definition) is 6. The summed E-state index contributed by atoms with van der Waals surface area (Å²) in [5.41, 5.74) is 4.79. The summed E-state index contributed by atoms with van der Waals surface area (Å²) in [4.78, 5) is 29.4. The van der Waals surface area contributed by atoms with E-state index in [0.717, 1.165) is 28.4 Å². The number of hydrogen-bond donors (Lipinski definition) is 1. The highest BCUT2D eigenvalue weighted by Crippen LogP contribution is 2.20. The van der Waals surface area contributed by atoms with E-state index in [1.807, 2.05) is 73.2 Å². The van der Waals surface area contributed by atoms with Crippen molar-refractivity contribution < 1.29 is 18.7 Å². The molecule has 0 saturated heterocycles. The molecular weight excluding hydrogens is 438 g/mol. The predicted octanol–water partition coefficient (Wildman–Crippen LogP) is 5.05. The van der Waals surface area contributed by atoms with Crippen molar-refractivity contribution in [1.82, 2.24) is 9.55 Å². The van der Waals surface area contributed by atoms with E-state index in [2.05, 4.69) is 10.3 Å². The Morgan fingerprint density at radius 1 is 1.15 bits per heavy atom. The number of aromatic nitrogens is 2. The summed E-state index contributed by atoms with van der Waals surface area (Å²) >= 11 is 1.37. The molecule has 0 bridgehead atoms. The molecule has 8 heteroatoms. The zero-order valence-corrected chi connectivity index (χ0v) is 19.6. The SMILES string of the molecule is Cc1ccc(NC(=O)Cc2nc(COC(=O)c3cc(C)n(Cc4ccco4)c3C)cs2)cc1. The lowest BCUT2D eigenvalue weighted by atomic mass is 10.2. The second kappa shape index (κ2) is 9.87. The van der Waals surface area contributed by atoms with Crippen LogP contribution in [-0.2, 0) is 29.1 Å². The fraction of sp³-hybridized carbons (Fsp3) is 0.240. The van der Waals surface area contributed by atoms with Gasteiger partial charge in [0.2, 0.25) is 5.91 Å². The molecule has 0 aliphatic carbocycles. The van der Waals surface area contributed by atoms with Crippen LogP contribution in [0.15, 0.2) is 58.5 Å². The standard InChI is InChI=1S/C25H25N3O4S/c1-16-6-8-19(9-7-16)26-23(29)12-24-27-20(15-33-24)14-32-25(30)22-11-17(2)28(18(22)3)13-21-5-4-10-31-21/h4-11,15H,12-14H2,1-3H3,(H,26,29). The van der Waals surface area contributed by atoms with E-state index in [0.29, 0.717) is 22.8 Å². The topological polar surface area (TPSA) is 86.4 Å². The lowest BCUT2D eigenvalue weighted by molar-refractivity contribution is -0.115. The van der Waals surface area contributed by atoms with Crippen LogP contribution in [0.2, 0.25) is 0 Å². The Balaban J connectivity index is 1.32. The molecule has 33 heavy (non-hydrogen) atoms. The van der Waals surface area contributed by atoms with Gasteiger partial charge in [0.1, 0.15) is 17.4 Å². The number of esters is 1. The molecule has 4 rings (SSSR count). The van der Waals surface area contributed by atoms with Crippen molar-refractivity contribution in [2.45, 2.75) is 40.3 Å². The highest BCUT2D eigenvalue weighted by atomic mass is 32.1. The van der Waals surface area contributed by atoms with E-state index in [4.69, 9.17) is 9.15 Å². The summed E-state index contributed by atoms with van der Waals surface area (Å²) in [6, 6.07) is 13.2. The molecule has 3 aromatic heterocycles. The largest absolute Gasteiger partial charge is 0.467 e. The zero-order chi connectivity index (χ0) is 23.4. The molecule has 0 radical (unpaired) electrons. The summed E-state index contributed by atoms with van der Waals surface area (Å²) in [5.74, 6) is 0.277. The van der Waals surface area contributed by atoms with Gasteiger partial charge in [0, 0.05) is 22.5 Å². The minimum atomic E-state index is -0.402. The third-order valence-electron chi connectivity index (χ3n) is 5.29. The number of nitrogens with zero attached hydrogens (tertiary/aromatic N) is 2. The van der Waals surface area contributed by atoms with Crippen LogP contribution in [0.4, 0.5) is 5.69 Å². The van der Waals surface area contributed by atoms with E-state index < -0.39 is 5.97 Å². The van der Waals surface area contributed by atoms with Crippen molar-refractivity contribution in [3.05, 3.63) is 93.1 Å². The third kappa shape index (κ3) is 5.59. The number of carbonyl (C=O) groups excluding carboxylic acids is 2. The van der Waals surface area contributed by atoms with Gasteiger partial charge in [-0.25, -0.2) is 9.78 Å². The third-order valence-corrected chi connectivity index (χ3v) is 6.18. The Labute approximate surface area is 196 Å². The molecule has 0 atom stereocenters. The second-order valence-electron chi connectivity index (χ2n) is 7.85. The molecule has 0 unspecified atom stereocenters. The number of rotatable bonds is 8. The summed E-state index contributed by atoms with van der Waals surface area (Å²) in [5, 5.41) is 5.34. The molecule has 0 aliphatic rings. The highest BCUT2D eigenvalue weighted by molar-refractivity contribution is 7.09. The Morgan fingerprint density at radius 2 is 1.94 bits per heavy atom. The minimum absolute atomic E-state index is 0.0523. The van der Waals surface area contributed by atoms with Crippen LogP contribution in [0.5, 0.6) is 0 Å². The monoisotopic (exact) mass is 463 g/mol. The molecule has 1 aromatic carbocycles. The first-order valence-electron chi connectivity index (χ1n) is 10.5. The van der Waals surface area contributed by atoms with Crippen molar-refractivity contribution >= 4 is 28.9 Å². The summed E-state index contributed by atoms with van der Waals surface area (Å²) in [7, 11) is 0. The highest BCUT2D eigenvalue weighted by Gasteiger charge is 2.18. The van der Waals surface area contributed by atoms with Gasteiger partial charge in [0.05, 0.1) is 30.5 Å². The molecule has 0 fully saturated rings. The number of ether oxygens (including phenoxy) is 1. The summed E-state index contributed by atoms with van der Waals surface area (Å²) in [6.07, 6.45) is 1.80. The van der Waals surface area contributed by atoms with E-state index in [1.54, 1.807) is 6.26 Å². The first kappa shape index (κ1) is 22.5. The molecule has 3 heterocycles. The molecule has 1 amide bonds. The van der Waals surface area contributed by atoms with Gasteiger partial charge in [-0.3, -0.25) is 4.79 Å². The number of furan rings is 1. The van der Waals surface area contributed by atoms with Gasteiger partial charge in [-0.1, -0.05) is 17.7 Å². The van der Waals surface area contributed by atoms with E-state index in [1.165, 1.54) is 11.3 Å². The van der Waals surface area contributed by atoms with Crippen molar-refractivity contribution in [1.29, 1.82) is 0 Å². The van der Waals surface area contributed by atoms with Gasteiger partial charge in [-0.15, -0.1) is 11.3 Å². The molecule has 1 N–H and O–H groups in total. The Kier molecular flexibility index (Phi) is 6.74. The van der Waals surface area contributed by atoms with E-state index >= 15 is 0 Å². The number of nitrogens with one attached hydrogen (secondary N) is 1. The molecule has 7 nitrogen and oxygen atoms in total. The van der Waals surface area contributed by atoms with Crippen molar-refractivity contribution in [2.24, 2.45) is 0 Å².